The first-order chi connectivity index (χ1) is 22.3. The van der Waals surface area contributed by atoms with E-state index in [1.165, 1.54) is 16.0 Å². The summed E-state index contributed by atoms with van der Waals surface area (Å²) in [5.74, 6) is 0.346. The van der Waals surface area contributed by atoms with Crippen molar-refractivity contribution in [3.63, 3.8) is 0 Å². The van der Waals surface area contributed by atoms with Gasteiger partial charge in [-0.05, 0) is 76.6 Å². The van der Waals surface area contributed by atoms with Crippen LogP contribution >= 0.6 is 11.3 Å². The number of ketones is 1. The SMILES string of the molecule is COCCNC(=O)c1ccn(-c2cc(OC[C@@H]3CCCN3C)nc(/C(N)=C3\CCC[C@@]4(CCCc5sc(N)c(C#N)c54)C3=O)n2)n1. The molecule has 4 heterocycles. The summed E-state index contributed by atoms with van der Waals surface area (Å²) in [5.41, 5.74) is 14.2. The van der Waals surface area contributed by atoms with E-state index in [0.29, 0.717) is 66.9 Å². The molecule has 3 aromatic heterocycles. The van der Waals surface area contributed by atoms with E-state index in [1.54, 1.807) is 25.4 Å². The van der Waals surface area contributed by atoms with Crippen LogP contribution < -0.4 is 21.5 Å². The number of hydrogen-bond donors (Lipinski definition) is 3. The number of amides is 1. The minimum absolute atomic E-state index is 0.0929. The third-order valence-electron chi connectivity index (χ3n) is 9.34. The highest BCUT2D eigenvalue weighted by Gasteiger charge is 2.49. The predicted molar refractivity (Wildman–Crippen MR) is 173 cm³/mol. The number of aromatic nitrogens is 4. The van der Waals surface area contributed by atoms with Crippen molar-refractivity contribution < 1.29 is 19.1 Å². The minimum Gasteiger partial charge on any atom is -0.476 e. The largest absolute Gasteiger partial charge is 0.476 e. The molecule has 2 aliphatic carbocycles. The highest BCUT2D eigenvalue weighted by molar-refractivity contribution is 7.16. The van der Waals surface area contributed by atoms with Crippen LogP contribution in [0.3, 0.4) is 0 Å². The first-order valence-corrected chi connectivity index (χ1v) is 16.5. The smallest absolute Gasteiger partial charge is 0.271 e. The second kappa shape index (κ2) is 13.2. The molecule has 242 valence electrons. The van der Waals surface area contributed by atoms with Gasteiger partial charge >= 0.3 is 0 Å². The van der Waals surface area contributed by atoms with Crippen molar-refractivity contribution in [1.29, 1.82) is 5.26 Å². The molecule has 0 bridgehead atoms. The zero-order valence-corrected chi connectivity index (χ0v) is 27.0. The Morgan fingerprint density at radius 1 is 1.26 bits per heavy atom. The molecule has 1 saturated carbocycles. The van der Waals surface area contributed by atoms with E-state index in [0.717, 1.165) is 49.1 Å². The Balaban J connectivity index is 1.37. The molecule has 0 radical (unpaired) electrons. The van der Waals surface area contributed by atoms with E-state index in [2.05, 4.69) is 33.4 Å². The molecule has 13 nitrogen and oxygen atoms in total. The van der Waals surface area contributed by atoms with Gasteiger partial charge < -0.3 is 31.2 Å². The van der Waals surface area contributed by atoms with E-state index in [-0.39, 0.29) is 34.9 Å². The number of nitrogens with two attached hydrogens (primary N) is 2. The van der Waals surface area contributed by atoms with Gasteiger partial charge in [0.2, 0.25) is 5.88 Å². The molecule has 1 aliphatic heterocycles. The number of nitrogens with zero attached hydrogens (tertiary/aromatic N) is 6. The van der Waals surface area contributed by atoms with Crippen molar-refractivity contribution in [2.75, 3.05) is 46.2 Å². The molecule has 1 spiro atoms. The van der Waals surface area contributed by atoms with E-state index in [9.17, 15) is 14.9 Å². The van der Waals surface area contributed by atoms with Crippen molar-refractivity contribution in [2.24, 2.45) is 5.73 Å². The molecule has 1 saturated heterocycles. The lowest BCUT2D eigenvalue weighted by atomic mass is 9.61. The van der Waals surface area contributed by atoms with Gasteiger partial charge in [0, 0.05) is 42.4 Å². The Morgan fingerprint density at radius 2 is 2.07 bits per heavy atom. The molecular weight excluding hydrogens is 606 g/mol. The first kappa shape index (κ1) is 31.7. The summed E-state index contributed by atoms with van der Waals surface area (Å²) in [5, 5.41) is 17.6. The van der Waals surface area contributed by atoms with E-state index >= 15 is 0 Å². The number of methoxy groups -OCH3 is 1. The van der Waals surface area contributed by atoms with Crippen molar-refractivity contribution in [3.8, 4) is 17.8 Å². The molecule has 0 aromatic carbocycles. The number of ether oxygens (including phenoxy) is 2. The lowest BCUT2D eigenvalue weighted by Crippen LogP contribution is -2.43. The minimum atomic E-state index is -0.845. The number of hydrogen-bond acceptors (Lipinski definition) is 12. The molecule has 2 fully saturated rings. The van der Waals surface area contributed by atoms with E-state index in [4.69, 9.17) is 25.9 Å². The Morgan fingerprint density at radius 3 is 2.80 bits per heavy atom. The highest BCUT2D eigenvalue weighted by atomic mass is 32.1. The number of nitrogens with one attached hydrogen (secondary N) is 1. The molecule has 1 amide bonds. The van der Waals surface area contributed by atoms with Crippen LogP contribution in [0, 0.1) is 11.3 Å². The average molecular weight is 646 g/mol. The maximum absolute atomic E-state index is 14.5. The van der Waals surface area contributed by atoms with Crippen LogP contribution in [0.4, 0.5) is 5.00 Å². The monoisotopic (exact) mass is 645 g/mol. The number of anilines is 1. The first-order valence-electron chi connectivity index (χ1n) is 15.7. The standard InChI is InChI=1S/C32H39N9O4S/c1-40-13-5-6-19(40)18-45-25-16-24(41-14-9-22(39-41)31(43)36-12-15-44-2)37-30(38-25)27(34)20-7-3-10-32(28(20)42)11-4-8-23-26(32)21(17-33)29(35)46-23/h9,14,16,19H,3-8,10-13,15,18,34-35H2,1-2H3,(H,36,43)/b27-20-/t19-,32-/m0/s1. The normalized spacial score (nSPS) is 22.5. The van der Waals surface area contributed by atoms with Crippen LogP contribution in [0.25, 0.3) is 11.5 Å². The van der Waals surface area contributed by atoms with Crippen LogP contribution in [-0.2, 0) is 21.4 Å². The fraction of sp³-hybridized carbons (Fsp3) is 0.500. The third-order valence-corrected chi connectivity index (χ3v) is 10.4. The molecule has 0 unspecified atom stereocenters. The van der Waals surface area contributed by atoms with Crippen LogP contribution in [0.2, 0.25) is 0 Å². The van der Waals surface area contributed by atoms with Gasteiger partial charge in [0.05, 0.1) is 23.3 Å². The van der Waals surface area contributed by atoms with Crippen LogP contribution in [-0.4, -0.2) is 82.8 Å². The maximum Gasteiger partial charge on any atom is 0.271 e. The molecule has 6 rings (SSSR count). The molecule has 3 aromatic rings. The second-order valence-electron chi connectivity index (χ2n) is 12.1. The number of likely N-dealkylation sites (tertiary alicyclic amines) is 1. The van der Waals surface area contributed by atoms with Gasteiger partial charge in [0.1, 0.15) is 17.7 Å². The molecule has 3 aliphatic rings. The molecule has 14 heteroatoms. The maximum atomic E-state index is 14.5. The topological polar surface area (TPSA) is 187 Å². The van der Waals surface area contributed by atoms with Gasteiger partial charge in [-0.2, -0.15) is 15.3 Å². The molecule has 5 N–H and O–H groups in total. The summed E-state index contributed by atoms with van der Waals surface area (Å²) in [7, 11) is 3.64. The average Bonchev–Trinajstić information content (AvgIpc) is 3.79. The number of Topliss-reactive ketones (excluding diaryl/α,β-unsaturated/α-hetero) is 1. The van der Waals surface area contributed by atoms with Crippen molar-refractivity contribution in [1.82, 2.24) is 30.0 Å². The lowest BCUT2D eigenvalue weighted by Gasteiger charge is -2.40. The zero-order valence-electron chi connectivity index (χ0n) is 26.2. The van der Waals surface area contributed by atoms with Gasteiger partial charge in [-0.3, -0.25) is 9.59 Å². The number of nitrogen functional groups attached to an aromatic ring is 1. The Bertz CT molecular complexity index is 1720. The second-order valence-corrected chi connectivity index (χ2v) is 13.3. The number of thiophene rings is 1. The van der Waals surface area contributed by atoms with Crippen molar-refractivity contribution in [2.45, 2.75) is 62.8 Å². The van der Waals surface area contributed by atoms with Crippen molar-refractivity contribution >= 4 is 33.7 Å². The summed E-state index contributed by atoms with van der Waals surface area (Å²) < 4.78 is 12.7. The Labute approximate surface area is 271 Å². The number of nitriles is 1. The van der Waals surface area contributed by atoms with Gasteiger partial charge in [-0.1, -0.05) is 0 Å². The molecule has 46 heavy (non-hydrogen) atoms. The van der Waals surface area contributed by atoms with Gasteiger partial charge in [0.25, 0.3) is 5.91 Å². The number of rotatable bonds is 9. The van der Waals surface area contributed by atoms with E-state index in [1.807, 2.05) is 0 Å². The van der Waals surface area contributed by atoms with Gasteiger partial charge in [-0.15, -0.1) is 11.3 Å². The number of likely N-dealkylation sites (N-methyl/N-ethyl adjacent to an activating group) is 1. The zero-order chi connectivity index (χ0) is 32.4. The highest BCUT2D eigenvalue weighted by Crippen LogP contribution is 2.52. The summed E-state index contributed by atoms with van der Waals surface area (Å²) in [6.45, 7) is 2.16. The van der Waals surface area contributed by atoms with Crippen LogP contribution in [0.15, 0.2) is 23.9 Å². The number of allylic oxidation sites excluding steroid dienone is 1. The fourth-order valence-electron chi connectivity index (χ4n) is 6.94. The number of fused-ring (bicyclic) bond motifs is 2. The number of carbonyl (C=O) groups excluding carboxylic acids is 2. The fourth-order valence-corrected chi connectivity index (χ4v) is 8.11. The number of aryl methyl sites for hydroxylation is 1. The van der Waals surface area contributed by atoms with Gasteiger partial charge in [0.15, 0.2) is 23.1 Å². The molecule has 2 atom stereocenters. The summed E-state index contributed by atoms with van der Waals surface area (Å²) in [6, 6.07) is 5.76. The third kappa shape index (κ3) is 5.86. The van der Waals surface area contributed by atoms with Crippen molar-refractivity contribution in [3.05, 3.63) is 51.4 Å². The summed E-state index contributed by atoms with van der Waals surface area (Å²) in [4.78, 5) is 39.7. The quantitative estimate of drug-likeness (QED) is 0.229. The summed E-state index contributed by atoms with van der Waals surface area (Å²) in [6.07, 6.45) is 7.83. The van der Waals surface area contributed by atoms with E-state index < -0.39 is 5.41 Å². The van der Waals surface area contributed by atoms with Crippen LogP contribution in [0.5, 0.6) is 5.88 Å². The van der Waals surface area contributed by atoms with Crippen LogP contribution in [0.1, 0.15) is 77.3 Å². The Hall–Kier alpha value is -4.32. The lowest BCUT2D eigenvalue weighted by molar-refractivity contribution is -0.122. The predicted octanol–water partition coefficient (Wildman–Crippen LogP) is 2.72. The summed E-state index contributed by atoms with van der Waals surface area (Å²) >= 11 is 1.41. The Kier molecular flexibility index (Phi) is 9.08. The molecular formula is C32H39N9O4S. The van der Waals surface area contributed by atoms with Gasteiger partial charge in [-0.25, -0.2) is 9.67 Å². The number of carbonyl (C=O) groups is 2.